The summed E-state index contributed by atoms with van der Waals surface area (Å²) in [7, 11) is -3.03. The number of hydrazine groups is 1. The van der Waals surface area contributed by atoms with E-state index in [0.29, 0.717) is 17.7 Å². The Kier molecular flexibility index (Phi) is 7.23. The van der Waals surface area contributed by atoms with Gasteiger partial charge in [-0.25, -0.2) is 13.2 Å². The van der Waals surface area contributed by atoms with Crippen LogP contribution in [0.25, 0.3) is 0 Å². The van der Waals surface area contributed by atoms with Crippen LogP contribution >= 0.6 is 0 Å². The van der Waals surface area contributed by atoms with Gasteiger partial charge in [-0.1, -0.05) is 12.1 Å². The van der Waals surface area contributed by atoms with Gasteiger partial charge < -0.3 is 4.74 Å². The monoisotopic (exact) mass is 425 g/mol. The second-order valence-corrected chi connectivity index (χ2v) is 10.3. The highest BCUT2D eigenvalue weighted by Gasteiger charge is 2.29. The first-order chi connectivity index (χ1) is 13.4. The second-order valence-electron chi connectivity index (χ2n) is 8.07. The molecule has 160 valence electrons. The van der Waals surface area contributed by atoms with Crippen LogP contribution in [-0.2, 0) is 30.6 Å². The van der Waals surface area contributed by atoms with Crippen LogP contribution < -0.4 is 16.2 Å². The van der Waals surface area contributed by atoms with Crippen molar-refractivity contribution in [1.29, 1.82) is 0 Å². The van der Waals surface area contributed by atoms with E-state index in [0.717, 1.165) is 0 Å². The minimum absolute atomic E-state index is 0.0120. The minimum Gasteiger partial charge on any atom is -0.444 e. The van der Waals surface area contributed by atoms with E-state index in [9.17, 15) is 22.8 Å². The molecule has 1 aliphatic rings. The molecule has 3 amide bonds. The lowest BCUT2D eigenvalue weighted by molar-refractivity contribution is -0.129. The maximum atomic E-state index is 12.0. The molecule has 0 spiro atoms. The first-order valence-corrected chi connectivity index (χ1v) is 11.1. The van der Waals surface area contributed by atoms with Gasteiger partial charge in [0.25, 0.3) is 0 Å². The molecule has 1 aliphatic heterocycles. The zero-order valence-corrected chi connectivity index (χ0v) is 17.6. The largest absolute Gasteiger partial charge is 0.444 e. The number of sulfone groups is 1. The van der Waals surface area contributed by atoms with Crippen molar-refractivity contribution >= 4 is 33.4 Å². The second kappa shape index (κ2) is 9.25. The number of rotatable bonds is 5. The normalized spacial score (nSPS) is 18.0. The van der Waals surface area contributed by atoms with Crippen molar-refractivity contribution in [3.63, 3.8) is 0 Å². The smallest absolute Gasteiger partial charge is 0.412 e. The van der Waals surface area contributed by atoms with Crippen molar-refractivity contribution in [2.24, 2.45) is 5.92 Å². The van der Waals surface area contributed by atoms with Crippen LogP contribution in [0.5, 0.6) is 0 Å². The Morgan fingerprint density at radius 1 is 1.07 bits per heavy atom. The summed E-state index contributed by atoms with van der Waals surface area (Å²) in [5.41, 5.74) is 5.25. The maximum Gasteiger partial charge on any atom is 0.412 e. The third-order valence-electron chi connectivity index (χ3n) is 4.11. The summed E-state index contributed by atoms with van der Waals surface area (Å²) in [6.07, 6.45) is -0.0105. The van der Waals surface area contributed by atoms with E-state index in [1.807, 2.05) is 0 Å². The molecule has 1 aromatic carbocycles. The average Bonchev–Trinajstić information content (AvgIpc) is 2.91. The number of ether oxygens (including phenoxy) is 1. The highest BCUT2D eigenvalue weighted by Crippen LogP contribution is 2.21. The lowest BCUT2D eigenvalue weighted by atomic mass is 10.1. The molecule has 0 aliphatic carbocycles. The highest BCUT2D eigenvalue weighted by atomic mass is 32.2. The summed E-state index contributed by atoms with van der Waals surface area (Å²) in [6, 6.07) is 6.65. The fourth-order valence-electron chi connectivity index (χ4n) is 2.84. The van der Waals surface area contributed by atoms with Gasteiger partial charge in [0.1, 0.15) is 5.60 Å². The predicted octanol–water partition coefficient (Wildman–Crippen LogP) is 1.55. The van der Waals surface area contributed by atoms with E-state index in [-0.39, 0.29) is 30.3 Å². The molecule has 0 saturated carbocycles. The highest BCUT2D eigenvalue weighted by molar-refractivity contribution is 7.91. The fourth-order valence-corrected chi connectivity index (χ4v) is 4.70. The van der Waals surface area contributed by atoms with E-state index >= 15 is 0 Å². The number of hydrogen-bond acceptors (Lipinski definition) is 6. The summed E-state index contributed by atoms with van der Waals surface area (Å²) in [6.45, 7) is 5.30. The summed E-state index contributed by atoms with van der Waals surface area (Å²) < 4.78 is 28.0. The summed E-state index contributed by atoms with van der Waals surface area (Å²) in [5, 5.41) is 2.60. The van der Waals surface area contributed by atoms with Gasteiger partial charge in [-0.3, -0.25) is 25.8 Å². The predicted molar refractivity (Wildman–Crippen MR) is 108 cm³/mol. The molecule has 2 rings (SSSR count). The lowest BCUT2D eigenvalue weighted by Crippen LogP contribution is -2.43. The molecule has 0 bridgehead atoms. The average molecular weight is 426 g/mol. The molecule has 0 radical (unpaired) electrons. The van der Waals surface area contributed by atoms with Crippen LogP contribution in [0.4, 0.5) is 10.5 Å². The molecule has 0 aromatic heterocycles. The molecule has 10 heteroatoms. The molecule has 9 nitrogen and oxygen atoms in total. The Morgan fingerprint density at radius 2 is 1.69 bits per heavy atom. The quantitative estimate of drug-likeness (QED) is 0.614. The Bertz CT molecular complexity index is 859. The standard InChI is InChI=1S/C19H27N3O6S/c1-19(2,3)28-18(25)20-15-6-4-13(5-7-15)10-16(23)21-22-17(24)11-14-8-9-29(26,27)12-14/h4-7,14H,8-12H2,1-3H3,(H,20,25)(H,21,23)(H,22,24). The van der Waals surface area contributed by atoms with Crippen LogP contribution in [-0.4, -0.2) is 43.4 Å². The molecule has 1 atom stereocenters. The number of amides is 3. The van der Waals surface area contributed by atoms with Crippen LogP contribution in [0.2, 0.25) is 0 Å². The maximum absolute atomic E-state index is 12.0. The lowest BCUT2D eigenvalue weighted by Gasteiger charge is -2.19. The zero-order valence-electron chi connectivity index (χ0n) is 16.8. The van der Waals surface area contributed by atoms with Crippen molar-refractivity contribution in [3.8, 4) is 0 Å². The first kappa shape index (κ1) is 22.7. The molecule has 1 aromatic rings. The number of nitrogens with one attached hydrogen (secondary N) is 3. The molecule has 1 fully saturated rings. The zero-order chi connectivity index (χ0) is 21.7. The van der Waals surface area contributed by atoms with Gasteiger partial charge in [0.15, 0.2) is 9.84 Å². The number of benzene rings is 1. The van der Waals surface area contributed by atoms with Crippen LogP contribution in [0.1, 0.15) is 39.2 Å². The Hall–Kier alpha value is -2.62. The third kappa shape index (κ3) is 8.51. The van der Waals surface area contributed by atoms with Gasteiger partial charge in [0.05, 0.1) is 17.9 Å². The van der Waals surface area contributed by atoms with Crippen LogP contribution in [0.15, 0.2) is 24.3 Å². The fraction of sp³-hybridized carbons (Fsp3) is 0.526. The van der Waals surface area contributed by atoms with Crippen molar-refractivity contribution in [2.45, 2.75) is 45.6 Å². The van der Waals surface area contributed by atoms with Gasteiger partial charge in [-0.15, -0.1) is 0 Å². The van der Waals surface area contributed by atoms with E-state index < -0.39 is 33.3 Å². The molecule has 1 saturated heterocycles. The first-order valence-electron chi connectivity index (χ1n) is 9.29. The van der Waals surface area contributed by atoms with Gasteiger partial charge in [-0.05, 0) is 50.8 Å². The molecular weight excluding hydrogens is 398 g/mol. The van der Waals surface area contributed by atoms with Crippen LogP contribution in [0, 0.1) is 5.92 Å². The van der Waals surface area contributed by atoms with Crippen molar-refractivity contribution in [2.75, 3.05) is 16.8 Å². The SMILES string of the molecule is CC(C)(C)OC(=O)Nc1ccc(CC(=O)NNC(=O)CC2CCS(=O)(=O)C2)cc1. The molecule has 29 heavy (non-hydrogen) atoms. The Morgan fingerprint density at radius 3 is 2.24 bits per heavy atom. The van der Waals surface area contributed by atoms with Crippen LogP contribution in [0.3, 0.4) is 0 Å². The summed E-state index contributed by atoms with van der Waals surface area (Å²) >= 11 is 0. The molecule has 3 N–H and O–H groups in total. The number of carbonyl (C=O) groups excluding carboxylic acids is 3. The molecular formula is C19H27N3O6S. The van der Waals surface area contributed by atoms with Crippen molar-refractivity contribution < 1.29 is 27.5 Å². The van der Waals surface area contributed by atoms with Gasteiger partial charge >= 0.3 is 6.09 Å². The number of hydrogen-bond donors (Lipinski definition) is 3. The Labute approximate surface area is 170 Å². The Balaban J connectivity index is 1.73. The number of anilines is 1. The van der Waals surface area contributed by atoms with E-state index in [1.54, 1.807) is 45.0 Å². The van der Waals surface area contributed by atoms with Crippen molar-refractivity contribution in [1.82, 2.24) is 10.9 Å². The summed E-state index contributed by atoms with van der Waals surface area (Å²) in [4.78, 5) is 35.5. The number of carbonyl (C=O) groups is 3. The van der Waals surface area contributed by atoms with E-state index in [4.69, 9.17) is 4.74 Å². The third-order valence-corrected chi connectivity index (χ3v) is 5.94. The summed E-state index contributed by atoms with van der Waals surface area (Å²) in [5.74, 6) is -0.918. The topological polar surface area (TPSA) is 131 Å². The van der Waals surface area contributed by atoms with Gasteiger partial charge in [0.2, 0.25) is 11.8 Å². The van der Waals surface area contributed by atoms with E-state index in [1.165, 1.54) is 0 Å². The molecule has 1 heterocycles. The van der Waals surface area contributed by atoms with E-state index in [2.05, 4.69) is 16.2 Å². The van der Waals surface area contributed by atoms with Gasteiger partial charge in [-0.2, -0.15) is 0 Å². The van der Waals surface area contributed by atoms with Gasteiger partial charge in [0, 0.05) is 12.1 Å². The molecule has 1 unspecified atom stereocenters. The minimum atomic E-state index is -3.03. The van der Waals surface area contributed by atoms with Crippen molar-refractivity contribution in [3.05, 3.63) is 29.8 Å².